The molecule has 94 valence electrons. The molecule has 2 aromatic rings. The predicted molar refractivity (Wildman–Crippen MR) is 79.3 cm³/mol. The van der Waals surface area contributed by atoms with E-state index in [1.165, 1.54) is 0 Å². The molecule has 18 heavy (non-hydrogen) atoms. The zero-order chi connectivity index (χ0) is 13.0. The summed E-state index contributed by atoms with van der Waals surface area (Å²) in [5.74, 6) is 1.80. The Balaban J connectivity index is 2.39. The predicted octanol–water partition coefficient (Wildman–Crippen LogP) is 5.59. The van der Waals surface area contributed by atoms with Gasteiger partial charge in [0.15, 0.2) is 0 Å². The van der Waals surface area contributed by atoms with Crippen molar-refractivity contribution >= 4 is 35.0 Å². The monoisotopic (exact) mass is 298 g/mol. The van der Waals surface area contributed by atoms with Gasteiger partial charge in [-0.05, 0) is 24.5 Å². The van der Waals surface area contributed by atoms with Gasteiger partial charge in [-0.1, -0.05) is 35.9 Å². The van der Waals surface area contributed by atoms with Gasteiger partial charge in [-0.2, -0.15) is 0 Å². The van der Waals surface area contributed by atoms with Crippen LogP contribution in [0.4, 0.5) is 0 Å². The fraction of sp³-hybridized carbons (Fsp3) is 0.143. The van der Waals surface area contributed by atoms with Crippen LogP contribution in [-0.2, 0) is 5.88 Å². The molecule has 0 unspecified atom stereocenters. The van der Waals surface area contributed by atoms with Crippen LogP contribution in [0.15, 0.2) is 47.4 Å². The minimum Gasteiger partial charge on any atom is -0.454 e. The van der Waals surface area contributed by atoms with Crippen molar-refractivity contribution in [3.8, 4) is 11.5 Å². The molecule has 0 spiro atoms. The highest BCUT2D eigenvalue weighted by Crippen LogP contribution is 2.37. The Bertz CT molecular complexity index is 543. The molecule has 2 rings (SSSR count). The molecule has 0 aliphatic carbocycles. The fourth-order valence-corrected chi connectivity index (χ4v) is 2.55. The maximum absolute atomic E-state index is 6.16. The minimum absolute atomic E-state index is 0.372. The lowest BCUT2D eigenvalue weighted by Gasteiger charge is -2.13. The highest BCUT2D eigenvalue weighted by molar-refractivity contribution is 7.98. The smallest absolute Gasteiger partial charge is 0.150 e. The maximum Gasteiger partial charge on any atom is 0.150 e. The average Bonchev–Trinajstić information content (AvgIpc) is 2.41. The normalized spacial score (nSPS) is 10.4. The second-order valence-electron chi connectivity index (χ2n) is 3.61. The zero-order valence-corrected chi connectivity index (χ0v) is 12.1. The molecule has 0 aromatic heterocycles. The Hall–Kier alpha value is -0.830. The molecule has 0 aliphatic rings. The summed E-state index contributed by atoms with van der Waals surface area (Å²) in [5.41, 5.74) is 0.889. The first-order valence-electron chi connectivity index (χ1n) is 5.40. The maximum atomic E-state index is 6.16. The Morgan fingerprint density at radius 3 is 2.61 bits per heavy atom. The number of hydrogen-bond donors (Lipinski definition) is 0. The molecular weight excluding hydrogens is 287 g/mol. The molecule has 1 nitrogen and oxygen atoms in total. The standard InChI is InChI=1S/C14H12Cl2OS/c1-18-13-8-3-2-7-12(13)17-14-10(9-15)5-4-6-11(14)16/h2-8H,9H2,1H3. The molecule has 4 heteroatoms. The van der Waals surface area contributed by atoms with Crippen molar-refractivity contribution in [3.05, 3.63) is 53.1 Å². The van der Waals surface area contributed by atoms with Crippen molar-refractivity contribution in [3.63, 3.8) is 0 Å². The van der Waals surface area contributed by atoms with Crippen LogP contribution in [0.2, 0.25) is 5.02 Å². The van der Waals surface area contributed by atoms with E-state index in [9.17, 15) is 0 Å². The van der Waals surface area contributed by atoms with Crippen LogP contribution < -0.4 is 4.74 Å². The van der Waals surface area contributed by atoms with E-state index in [1.807, 2.05) is 42.7 Å². The molecule has 2 aromatic carbocycles. The van der Waals surface area contributed by atoms with E-state index in [2.05, 4.69) is 0 Å². The first-order chi connectivity index (χ1) is 8.76. The van der Waals surface area contributed by atoms with Gasteiger partial charge in [0.1, 0.15) is 11.5 Å². The van der Waals surface area contributed by atoms with Gasteiger partial charge >= 0.3 is 0 Å². The topological polar surface area (TPSA) is 9.23 Å². The van der Waals surface area contributed by atoms with Gasteiger partial charge in [0, 0.05) is 10.5 Å². The molecule has 0 N–H and O–H groups in total. The van der Waals surface area contributed by atoms with E-state index in [1.54, 1.807) is 17.8 Å². The Labute approximate surface area is 121 Å². The van der Waals surface area contributed by atoms with E-state index in [0.29, 0.717) is 16.7 Å². The van der Waals surface area contributed by atoms with E-state index in [4.69, 9.17) is 27.9 Å². The third-order valence-corrected chi connectivity index (χ3v) is 3.84. The summed E-state index contributed by atoms with van der Waals surface area (Å²) in [6.45, 7) is 0. The number of ether oxygens (including phenoxy) is 1. The van der Waals surface area contributed by atoms with Crippen LogP contribution >= 0.6 is 35.0 Å². The fourth-order valence-electron chi connectivity index (χ4n) is 1.59. The van der Waals surface area contributed by atoms with E-state index in [-0.39, 0.29) is 0 Å². The molecular formula is C14H12Cl2OS. The highest BCUT2D eigenvalue weighted by atomic mass is 35.5. The summed E-state index contributed by atoms with van der Waals surface area (Å²) < 4.78 is 5.92. The van der Waals surface area contributed by atoms with Gasteiger partial charge in [0.2, 0.25) is 0 Å². The molecule has 0 bridgehead atoms. The van der Waals surface area contributed by atoms with Crippen LogP contribution in [0.25, 0.3) is 0 Å². The average molecular weight is 299 g/mol. The van der Waals surface area contributed by atoms with Gasteiger partial charge in [0.25, 0.3) is 0 Å². The Morgan fingerprint density at radius 1 is 1.11 bits per heavy atom. The molecule has 0 atom stereocenters. The van der Waals surface area contributed by atoms with Gasteiger partial charge in [-0.25, -0.2) is 0 Å². The highest BCUT2D eigenvalue weighted by Gasteiger charge is 2.10. The summed E-state index contributed by atoms with van der Waals surface area (Å²) in [4.78, 5) is 1.07. The Morgan fingerprint density at radius 2 is 1.89 bits per heavy atom. The van der Waals surface area contributed by atoms with Gasteiger partial charge in [-0.3, -0.25) is 0 Å². The summed E-state index contributed by atoms with van der Waals surface area (Å²) in [6, 6.07) is 13.4. The number of para-hydroxylation sites is 2. The number of benzene rings is 2. The first kappa shape index (κ1) is 13.6. The van der Waals surface area contributed by atoms with Crippen molar-refractivity contribution in [2.24, 2.45) is 0 Å². The molecule has 0 saturated carbocycles. The van der Waals surface area contributed by atoms with Crippen LogP contribution in [0.3, 0.4) is 0 Å². The number of rotatable bonds is 4. The number of alkyl halides is 1. The SMILES string of the molecule is CSc1ccccc1Oc1c(Cl)cccc1CCl. The Kier molecular flexibility index (Phi) is 4.81. The van der Waals surface area contributed by atoms with Crippen molar-refractivity contribution in [1.82, 2.24) is 0 Å². The van der Waals surface area contributed by atoms with Crippen LogP contribution in [0, 0.1) is 0 Å². The lowest BCUT2D eigenvalue weighted by Crippen LogP contribution is -1.92. The van der Waals surface area contributed by atoms with Crippen molar-refractivity contribution in [2.75, 3.05) is 6.26 Å². The summed E-state index contributed by atoms with van der Waals surface area (Å²) in [7, 11) is 0. The largest absolute Gasteiger partial charge is 0.454 e. The third-order valence-electron chi connectivity index (χ3n) is 2.47. The lowest BCUT2D eigenvalue weighted by molar-refractivity contribution is 0.467. The van der Waals surface area contributed by atoms with Crippen LogP contribution in [-0.4, -0.2) is 6.26 Å². The minimum atomic E-state index is 0.372. The van der Waals surface area contributed by atoms with E-state index < -0.39 is 0 Å². The third kappa shape index (κ3) is 2.94. The van der Waals surface area contributed by atoms with Crippen molar-refractivity contribution in [1.29, 1.82) is 0 Å². The molecule has 0 amide bonds. The van der Waals surface area contributed by atoms with Crippen LogP contribution in [0.5, 0.6) is 11.5 Å². The molecule has 0 fully saturated rings. The number of thioether (sulfide) groups is 1. The summed E-state index contributed by atoms with van der Waals surface area (Å²) in [6.07, 6.45) is 2.01. The van der Waals surface area contributed by atoms with Gasteiger partial charge < -0.3 is 4.74 Å². The second kappa shape index (κ2) is 6.37. The van der Waals surface area contributed by atoms with Crippen molar-refractivity contribution < 1.29 is 4.74 Å². The second-order valence-corrected chi connectivity index (χ2v) is 5.14. The zero-order valence-electron chi connectivity index (χ0n) is 9.82. The first-order valence-corrected chi connectivity index (χ1v) is 7.54. The lowest BCUT2D eigenvalue weighted by atomic mass is 10.2. The van der Waals surface area contributed by atoms with Gasteiger partial charge in [-0.15, -0.1) is 23.4 Å². The van der Waals surface area contributed by atoms with Crippen molar-refractivity contribution in [2.45, 2.75) is 10.8 Å². The number of hydrogen-bond acceptors (Lipinski definition) is 2. The molecule has 0 radical (unpaired) electrons. The van der Waals surface area contributed by atoms with E-state index >= 15 is 0 Å². The quantitative estimate of drug-likeness (QED) is 0.537. The summed E-state index contributed by atoms with van der Waals surface area (Å²) >= 11 is 13.7. The van der Waals surface area contributed by atoms with Crippen LogP contribution in [0.1, 0.15) is 5.56 Å². The molecule has 0 aliphatic heterocycles. The number of halogens is 2. The molecule has 0 saturated heterocycles. The summed E-state index contributed by atoms with van der Waals surface area (Å²) in [5, 5.41) is 0.573. The molecule has 0 heterocycles. The van der Waals surface area contributed by atoms with E-state index in [0.717, 1.165) is 16.2 Å². The van der Waals surface area contributed by atoms with Gasteiger partial charge in [0.05, 0.1) is 10.9 Å².